The van der Waals surface area contributed by atoms with Crippen LogP contribution in [0.5, 0.6) is 0 Å². The molecule has 2 nitrogen and oxygen atoms in total. The lowest BCUT2D eigenvalue weighted by Gasteiger charge is -2.23. The van der Waals surface area contributed by atoms with Crippen molar-refractivity contribution >= 4 is 21.8 Å². The first kappa shape index (κ1) is 14.5. The fourth-order valence-electron chi connectivity index (χ4n) is 2.05. The van der Waals surface area contributed by atoms with Crippen LogP contribution in [0, 0.1) is 11.7 Å². The molecule has 0 N–H and O–H groups in total. The zero-order valence-electron chi connectivity index (χ0n) is 11.3. The summed E-state index contributed by atoms with van der Waals surface area (Å²) in [6.07, 6.45) is 3.04. The molecule has 19 heavy (non-hydrogen) atoms. The third kappa shape index (κ3) is 3.78. The second-order valence-corrected chi connectivity index (χ2v) is 6.45. The molecule has 0 saturated heterocycles. The minimum atomic E-state index is -0.441. The van der Waals surface area contributed by atoms with Gasteiger partial charge in [0.1, 0.15) is 5.82 Å². The topological polar surface area (TPSA) is 20.3 Å². The van der Waals surface area contributed by atoms with Crippen molar-refractivity contribution in [2.45, 2.75) is 39.2 Å². The van der Waals surface area contributed by atoms with Crippen LogP contribution in [0.2, 0.25) is 0 Å². The summed E-state index contributed by atoms with van der Waals surface area (Å²) in [5, 5.41) is 0. The maximum Gasteiger partial charge on any atom is 0.257 e. The average molecular weight is 328 g/mol. The van der Waals surface area contributed by atoms with E-state index in [0.29, 0.717) is 18.5 Å². The standard InChI is InChI=1S/C15H19BrFNO/c1-10(2)7-8-18(12-4-5-12)15(19)13-9-11(16)3-6-14(13)17/h3,6,9-10,12H,4-5,7-8H2,1-2H3. The minimum Gasteiger partial charge on any atom is -0.336 e. The molecule has 2 rings (SSSR count). The molecule has 0 atom stereocenters. The maximum absolute atomic E-state index is 13.8. The smallest absolute Gasteiger partial charge is 0.257 e. The monoisotopic (exact) mass is 327 g/mol. The SMILES string of the molecule is CC(C)CCN(C(=O)c1cc(Br)ccc1F)C1CC1. The van der Waals surface area contributed by atoms with Gasteiger partial charge < -0.3 is 4.90 Å². The highest BCUT2D eigenvalue weighted by molar-refractivity contribution is 9.10. The highest BCUT2D eigenvalue weighted by Crippen LogP contribution is 2.30. The number of hydrogen-bond donors (Lipinski definition) is 0. The maximum atomic E-state index is 13.8. The van der Waals surface area contributed by atoms with E-state index >= 15 is 0 Å². The van der Waals surface area contributed by atoms with Crippen LogP contribution in [0.1, 0.15) is 43.5 Å². The Morgan fingerprint density at radius 3 is 2.74 bits per heavy atom. The van der Waals surface area contributed by atoms with Gasteiger partial charge in [0.05, 0.1) is 5.56 Å². The summed E-state index contributed by atoms with van der Waals surface area (Å²) in [7, 11) is 0. The van der Waals surface area contributed by atoms with Crippen LogP contribution < -0.4 is 0 Å². The van der Waals surface area contributed by atoms with Gasteiger partial charge in [-0.2, -0.15) is 0 Å². The van der Waals surface area contributed by atoms with Crippen LogP contribution in [0.15, 0.2) is 22.7 Å². The van der Waals surface area contributed by atoms with Crippen molar-refractivity contribution in [2.24, 2.45) is 5.92 Å². The summed E-state index contributed by atoms with van der Waals surface area (Å²) in [4.78, 5) is 14.3. The molecule has 0 heterocycles. The molecule has 0 spiro atoms. The Morgan fingerprint density at radius 1 is 1.47 bits per heavy atom. The van der Waals surface area contributed by atoms with Crippen molar-refractivity contribution in [1.82, 2.24) is 4.90 Å². The molecule has 1 aromatic rings. The molecular formula is C15H19BrFNO. The molecule has 0 aliphatic heterocycles. The summed E-state index contributed by atoms with van der Waals surface area (Å²) in [6, 6.07) is 4.83. The van der Waals surface area contributed by atoms with E-state index in [4.69, 9.17) is 0 Å². The van der Waals surface area contributed by atoms with E-state index in [2.05, 4.69) is 29.8 Å². The summed E-state index contributed by atoms with van der Waals surface area (Å²) in [5.74, 6) is -0.0771. The van der Waals surface area contributed by atoms with Crippen LogP contribution >= 0.6 is 15.9 Å². The second kappa shape index (κ2) is 6.04. The van der Waals surface area contributed by atoms with Crippen LogP contribution in [-0.4, -0.2) is 23.4 Å². The normalized spacial score (nSPS) is 14.8. The highest BCUT2D eigenvalue weighted by atomic mass is 79.9. The van der Waals surface area contributed by atoms with Gasteiger partial charge in [-0.1, -0.05) is 29.8 Å². The molecule has 0 radical (unpaired) electrons. The summed E-state index contributed by atoms with van der Waals surface area (Å²) in [5.41, 5.74) is 0.171. The van der Waals surface area contributed by atoms with E-state index in [0.717, 1.165) is 23.7 Å². The number of hydrogen-bond acceptors (Lipinski definition) is 1. The number of carbonyl (C=O) groups is 1. The zero-order valence-corrected chi connectivity index (χ0v) is 12.9. The lowest BCUT2D eigenvalue weighted by atomic mass is 10.1. The third-order valence-corrected chi connectivity index (χ3v) is 3.85. The Labute approximate surface area is 122 Å². The van der Waals surface area contributed by atoms with Crippen molar-refractivity contribution in [2.75, 3.05) is 6.54 Å². The lowest BCUT2D eigenvalue weighted by Crippen LogP contribution is -2.35. The van der Waals surface area contributed by atoms with Gasteiger partial charge >= 0.3 is 0 Å². The molecule has 104 valence electrons. The largest absolute Gasteiger partial charge is 0.336 e. The molecule has 1 amide bonds. The number of rotatable bonds is 5. The first-order valence-electron chi connectivity index (χ1n) is 6.75. The van der Waals surface area contributed by atoms with Crippen molar-refractivity contribution < 1.29 is 9.18 Å². The van der Waals surface area contributed by atoms with E-state index in [-0.39, 0.29) is 11.5 Å². The molecular weight excluding hydrogens is 309 g/mol. The van der Waals surface area contributed by atoms with Gasteiger partial charge in [0.2, 0.25) is 0 Å². The summed E-state index contributed by atoms with van der Waals surface area (Å²) >= 11 is 3.29. The molecule has 0 aromatic heterocycles. The number of amides is 1. The lowest BCUT2D eigenvalue weighted by molar-refractivity contribution is 0.0730. The first-order valence-corrected chi connectivity index (χ1v) is 7.54. The van der Waals surface area contributed by atoms with Gasteiger partial charge in [-0.25, -0.2) is 4.39 Å². The molecule has 1 fully saturated rings. The molecule has 1 aliphatic rings. The van der Waals surface area contributed by atoms with E-state index in [1.165, 1.54) is 6.07 Å². The summed E-state index contributed by atoms with van der Waals surface area (Å²) in [6.45, 7) is 4.98. The van der Waals surface area contributed by atoms with Gasteiger partial charge in [0, 0.05) is 17.1 Å². The zero-order chi connectivity index (χ0) is 14.0. The van der Waals surface area contributed by atoms with Crippen LogP contribution in [0.25, 0.3) is 0 Å². The molecule has 0 unspecified atom stereocenters. The highest BCUT2D eigenvalue weighted by Gasteiger charge is 2.33. The quantitative estimate of drug-likeness (QED) is 0.792. The number of halogens is 2. The van der Waals surface area contributed by atoms with Gasteiger partial charge in [-0.15, -0.1) is 0 Å². The van der Waals surface area contributed by atoms with Crippen molar-refractivity contribution in [1.29, 1.82) is 0 Å². The van der Waals surface area contributed by atoms with Gasteiger partial charge in [-0.3, -0.25) is 4.79 Å². The van der Waals surface area contributed by atoms with E-state index in [1.54, 1.807) is 12.1 Å². The van der Waals surface area contributed by atoms with E-state index < -0.39 is 5.82 Å². The van der Waals surface area contributed by atoms with Crippen LogP contribution in [-0.2, 0) is 0 Å². The average Bonchev–Trinajstić information content (AvgIpc) is 3.16. The molecule has 1 aromatic carbocycles. The van der Waals surface area contributed by atoms with E-state index in [9.17, 15) is 9.18 Å². The van der Waals surface area contributed by atoms with Crippen LogP contribution in [0.4, 0.5) is 4.39 Å². The summed E-state index contributed by atoms with van der Waals surface area (Å²) < 4.78 is 14.5. The minimum absolute atomic E-state index is 0.171. The molecule has 1 aliphatic carbocycles. The number of carbonyl (C=O) groups excluding carboxylic acids is 1. The Hall–Kier alpha value is -0.900. The van der Waals surface area contributed by atoms with Crippen molar-refractivity contribution in [3.63, 3.8) is 0 Å². The van der Waals surface area contributed by atoms with Crippen LogP contribution in [0.3, 0.4) is 0 Å². The van der Waals surface area contributed by atoms with E-state index in [1.807, 2.05) is 4.90 Å². The predicted octanol–water partition coefficient (Wildman–Crippen LogP) is 4.24. The first-order chi connectivity index (χ1) is 8.99. The van der Waals surface area contributed by atoms with Gasteiger partial charge in [0.15, 0.2) is 0 Å². The molecule has 0 bridgehead atoms. The van der Waals surface area contributed by atoms with Crippen molar-refractivity contribution in [3.05, 3.63) is 34.1 Å². The Balaban J connectivity index is 2.16. The fraction of sp³-hybridized carbons (Fsp3) is 0.533. The van der Waals surface area contributed by atoms with Crippen molar-refractivity contribution in [3.8, 4) is 0 Å². The Bertz CT molecular complexity index is 471. The second-order valence-electron chi connectivity index (χ2n) is 5.54. The molecule has 1 saturated carbocycles. The predicted molar refractivity (Wildman–Crippen MR) is 77.6 cm³/mol. The van der Waals surface area contributed by atoms with Gasteiger partial charge in [0.25, 0.3) is 5.91 Å². The Kier molecular flexibility index (Phi) is 4.61. The van der Waals surface area contributed by atoms with Gasteiger partial charge in [-0.05, 0) is 43.4 Å². The number of nitrogens with zero attached hydrogens (tertiary/aromatic N) is 1. The number of benzene rings is 1. The Morgan fingerprint density at radius 2 is 2.16 bits per heavy atom. The third-order valence-electron chi connectivity index (χ3n) is 3.35. The fourth-order valence-corrected chi connectivity index (χ4v) is 2.41. The molecule has 4 heteroatoms.